The van der Waals surface area contributed by atoms with E-state index in [1.165, 1.54) is 23.8 Å². The van der Waals surface area contributed by atoms with Gasteiger partial charge in [0.15, 0.2) is 0 Å². The number of anilines is 1. The number of benzene rings is 3. The highest BCUT2D eigenvalue weighted by molar-refractivity contribution is 5.89. The molecule has 0 saturated heterocycles. The van der Waals surface area contributed by atoms with Crippen molar-refractivity contribution in [2.45, 2.75) is 6.92 Å². The van der Waals surface area contributed by atoms with Gasteiger partial charge in [0, 0.05) is 12.2 Å². The lowest BCUT2D eigenvalue weighted by molar-refractivity contribution is 0.0600. The Morgan fingerprint density at radius 2 is 1.52 bits per heavy atom. The van der Waals surface area contributed by atoms with Gasteiger partial charge in [-0.05, 0) is 47.9 Å². The van der Waals surface area contributed by atoms with Crippen molar-refractivity contribution in [3.8, 4) is 11.1 Å². The van der Waals surface area contributed by atoms with Crippen LogP contribution in [0.1, 0.15) is 22.8 Å². The van der Waals surface area contributed by atoms with Crippen LogP contribution >= 0.6 is 0 Å². The van der Waals surface area contributed by atoms with Crippen LogP contribution in [0.4, 0.5) is 5.69 Å². The highest BCUT2D eigenvalue weighted by atomic mass is 16.5. The maximum atomic E-state index is 11.5. The second-order valence-electron chi connectivity index (χ2n) is 6.40. The van der Waals surface area contributed by atoms with Crippen LogP contribution in [0.25, 0.3) is 17.2 Å². The number of hydrogen-bond donors (Lipinski definition) is 1. The normalized spacial score (nSPS) is 11.1. The van der Waals surface area contributed by atoms with Gasteiger partial charge in [-0.25, -0.2) is 4.79 Å². The molecule has 3 heteroatoms. The van der Waals surface area contributed by atoms with Crippen LogP contribution in [0.2, 0.25) is 0 Å². The van der Waals surface area contributed by atoms with E-state index in [9.17, 15) is 4.79 Å². The Morgan fingerprint density at radius 3 is 2.15 bits per heavy atom. The zero-order valence-electron chi connectivity index (χ0n) is 15.6. The molecule has 0 aliphatic heterocycles. The van der Waals surface area contributed by atoms with Crippen molar-refractivity contribution in [3.05, 3.63) is 95.6 Å². The van der Waals surface area contributed by atoms with Gasteiger partial charge >= 0.3 is 5.97 Å². The van der Waals surface area contributed by atoms with Crippen LogP contribution < -0.4 is 5.32 Å². The predicted octanol–water partition coefficient (Wildman–Crippen LogP) is 5.66. The third kappa shape index (κ3) is 5.08. The lowest BCUT2D eigenvalue weighted by Gasteiger charge is -2.09. The molecule has 27 heavy (non-hydrogen) atoms. The molecule has 0 fully saturated rings. The molecule has 3 aromatic carbocycles. The molecule has 0 spiro atoms. The van der Waals surface area contributed by atoms with Crippen molar-refractivity contribution in [3.63, 3.8) is 0 Å². The van der Waals surface area contributed by atoms with Crippen LogP contribution in [0, 0.1) is 0 Å². The van der Waals surface area contributed by atoms with Gasteiger partial charge in [-0.3, -0.25) is 0 Å². The number of ether oxygens (including phenoxy) is 1. The molecule has 3 rings (SSSR count). The monoisotopic (exact) mass is 357 g/mol. The van der Waals surface area contributed by atoms with Gasteiger partial charge in [-0.1, -0.05) is 66.2 Å². The maximum absolute atomic E-state index is 11.5. The fourth-order valence-corrected chi connectivity index (χ4v) is 2.82. The molecule has 0 aliphatic rings. The molecule has 0 bridgehead atoms. The van der Waals surface area contributed by atoms with E-state index in [0.717, 1.165) is 17.8 Å². The van der Waals surface area contributed by atoms with Crippen LogP contribution in [0.3, 0.4) is 0 Å². The van der Waals surface area contributed by atoms with Crippen LogP contribution in [0.15, 0.2) is 84.4 Å². The Hall–Kier alpha value is -3.33. The topological polar surface area (TPSA) is 38.3 Å². The van der Waals surface area contributed by atoms with Gasteiger partial charge in [0.25, 0.3) is 0 Å². The lowest BCUT2D eigenvalue weighted by Crippen LogP contribution is -2.02. The number of carbonyl (C=O) groups is 1. The van der Waals surface area contributed by atoms with Crippen molar-refractivity contribution in [2.24, 2.45) is 0 Å². The predicted molar refractivity (Wildman–Crippen MR) is 112 cm³/mol. The minimum absolute atomic E-state index is 0.317. The van der Waals surface area contributed by atoms with Gasteiger partial charge in [0.1, 0.15) is 0 Å². The fraction of sp³-hybridized carbons (Fsp3) is 0.125. The third-order valence-corrected chi connectivity index (χ3v) is 4.31. The van der Waals surface area contributed by atoms with Crippen molar-refractivity contribution in [2.75, 3.05) is 19.0 Å². The first kappa shape index (κ1) is 18.5. The van der Waals surface area contributed by atoms with Crippen LogP contribution in [0.5, 0.6) is 0 Å². The Kier molecular flexibility index (Phi) is 6.06. The van der Waals surface area contributed by atoms with Crippen molar-refractivity contribution in [1.82, 2.24) is 0 Å². The minimum Gasteiger partial charge on any atom is -0.465 e. The van der Waals surface area contributed by atoms with E-state index >= 15 is 0 Å². The Bertz CT molecular complexity index is 911. The summed E-state index contributed by atoms with van der Waals surface area (Å²) in [6, 6.07) is 26.2. The van der Waals surface area contributed by atoms with Gasteiger partial charge in [0.05, 0.1) is 12.7 Å². The SMILES string of the molecule is COC(=O)c1ccc(/C=C(\C)CNc2ccc(-c3ccccc3)cc2)cc1. The summed E-state index contributed by atoms with van der Waals surface area (Å²) in [5.74, 6) is -0.317. The first-order valence-corrected chi connectivity index (χ1v) is 8.90. The summed E-state index contributed by atoms with van der Waals surface area (Å²) in [5, 5.41) is 3.44. The van der Waals surface area contributed by atoms with E-state index < -0.39 is 0 Å². The molecular formula is C24H23NO2. The molecule has 1 N–H and O–H groups in total. The van der Waals surface area contributed by atoms with E-state index in [4.69, 9.17) is 4.74 Å². The molecule has 0 aliphatic carbocycles. The number of nitrogens with one attached hydrogen (secondary N) is 1. The van der Waals surface area contributed by atoms with E-state index in [2.05, 4.69) is 54.7 Å². The smallest absolute Gasteiger partial charge is 0.337 e. The first-order chi connectivity index (χ1) is 13.2. The molecule has 0 saturated carbocycles. The number of esters is 1. The van der Waals surface area contributed by atoms with Gasteiger partial charge < -0.3 is 10.1 Å². The summed E-state index contributed by atoms with van der Waals surface area (Å²) in [6.07, 6.45) is 2.10. The number of methoxy groups -OCH3 is 1. The third-order valence-electron chi connectivity index (χ3n) is 4.31. The van der Waals surface area contributed by atoms with Crippen LogP contribution in [-0.4, -0.2) is 19.6 Å². The molecule has 3 nitrogen and oxygen atoms in total. The average molecular weight is 357 g/mol. The quantitative estimate of drug-likeness (QED) is 0.579. The molecule has 3 aromatic rings. The summed E-state index contributed by atoms with van der Waals surface area (Å²) in [7, 11) is 1.39. The number of carbonyl (C=O) groups excluding carboxylic acids is 1. The zero-order chi connectivity index (χ0) is 19.1. The molecule has 0 amide bonds. The molecule has 0 unspecified atom stereocenters. The summed E-state index contributed by atoms with van der Waals surface area (Å²) in [5.41, 5.74) is 6.33. The van der Waals surface area contributed by atoms with Gasteiger partial charge in [-0.2, -0.15) is 0 Å². The summed E-state index contributed by atoms with van der Waals surface area (Å²) < 4.78 is 4.72. The molecule has 0 aromatic heterocycles. The Balaban J connectivity index is 1.59. The summed E-state index contributed by atoms with van der Waals surface area (Å²) in [4.78, 5) is 11.5. The van der Waals surface area contributed by atoms with Crippen LogP contribution in [-0.2, 0) is 4.74 Å². The fourth-order valence-electron chi connectivity index (χ4n) is 2.82. The van der Waals surface area contributed by atoms with E-state index in [0.29, 0.717) is 5.56 Å². The molecule has 136 valence electrons. The zero-order valence-corrected chi connectivity index (χ0v) is 15.6. The van der Waals surface area contributed by atoms with Gasteiger partial charge in [-0.15, -0.1) is 0 Å². The number of rotatable bonds is 6. The highest BCUT2D eigenvalue weighted by Crippen LogP contribution is 2.21. The molecule has 0 heterocycles. The summed E-state index contributed by atoms with van der Waals surface area (Å²) >= 11 is 0. The van der Waals surface area contributed by atoms with E-state index in [1.54, 1.807) is 12.1 Å². The standard InChI is InChI=1S/C24H23NO2/c1-18(16-19-8-10-22(11-9-19)24(26)27-2)17-25-23-14-12-21(13-15-23)20-6-4-3-5-7-20/h3-16,25H,17H2,1-2H3/b18-16+. The second kappa shape index (κ2) is 8.86. The minimum atomic E-state index is -0.317. The van der Waals surface area contributed by atoms with Crippen molar-refractivity contribution in [1.29, 1.82) is 0 Å². The molecule has 0 atom stereocenters. The van der Waals surface area contributed by atoms with Crippen molar-refractivity contribution < 1.29 is 9.53 Å². The first-order valence-electron chi connectivity index (χ1n) is 8.90. The molecule has 0 radical (unpaired) electrons. The van der Waals surface area contributed by atoms with E-state index in [-0.39, 0.29) is 5.97 Å². The largest absolute Gasteiger partial charge is 0.465 e. The molecular weight excluding hydrogens is 334 g/mol. The summed E-state index contributed by atoms with van der Waals surface area (Å²) in [6.45, 7) is 2.84. The Labute approximate surface area is 160 Å². The highest BCUT2D eigenvalue weighted by Gasteiger charge is 2.03. The maximum Gasteiger partial charge on any atom is 0.337 e. The van der Waals surface area contributed by atoms with Gasteiger partial charge in [0.2, 0.25) is 0 Å². The number of hydrogen-bond acceptors (Lipinski definition) is 3. The Morgan fingerprint density at radius 1 is 0.889 bits per heavy atom. The van der Waals surface area contributed by atoms with Crippen molar-refractivity contribution >= 4 is 17.7 Å². The second-order valence-corrected chi connectivity index (χ2v) is 6.40. The average Bonchev–Trinajstić information content (AvgIpc) is 2.73. The van der Waals surface area contributed by atoms with E-state index in [1.807, 2.05) is 30.3 Å². The lowest BCUT2D eigenvalue weighted by atomic mass is 10.1.